The number of carbonyl (C=O) groups is 2. The molecule has 38 heavy (non-hydrogen) atoms. The Morgan fingerprint density at radius 3 is 2.50 bits per heavy atom. The van der Waals surface area contributed by atoms with Gasteiger partial charge in [-0.05, 0) is 44.9 Å². The number of morpholine rings is 1. The van der Waals surface area contributed by atoms with Crippen molar-refractivity contribution < 1.29 is 19.1 Å². The van der Waals surface area contributed by atoms with E-state index >= 15 is 0 Å². The van der Waals surface area contributed by atoms with Crippen LogP contribution in [0.5, 0.6) is 0 Å². The van der Waals surface area contributed by atoms with Crippen LogP contribution >= 0.6 is 11.6 Å². The fourth-order valence-corrected chi connectivity index (χ4v) is 4.75. The number of anilines is 1. The second-order valence-electron chi connectivity index (χ2n) is 10.5. The maximum absolute atomic E-state index is 12.8. The number of carbonyl (C=O) groups excluding carboxylic acids is 2. The minimum absolute atomic E-state index is 0.00814. The maximum atomic E-state index is 12.8. The molecule has 0 spiro atoms. The second-order valence-corrected chi connectivity index (χ2v) is 10.8. The number of aromatic nitrogens is 3. The molecule has 1 N–H and O–H groups in total. The average molecular weight is 539 g/mol. The topological polar surface area (TPSA) is 110 Å². The minimum Gasteiger partial charge on any atom is -0.444 e. The number of rotatable bonds is 4. The van der Waals surface area contributed by atoms with Crippen molar-refractivity contribution >= 4 is 40.5 Å². The number of amides is 2. The van der Waals surface area contributed by atoms with Crippen LogP contribution in [0.15, 0.2) is 36.7 Å². The van der Waals surface area contributed by atoms with E-state index in [1.807, 2.05) is 45.0 Å². The number of benzene rings is 1. The van der Waals surface area contributed by atoms with Crippen LogP contribution in [0, 0.1) is 0 Å². The van der Waals surface area contributed by atoms with E-state index in [0.29, 0.717) is 67.0 Å². The van der Waals surface area contributed by atoms with Gasteiger partial charge in [0.2, 0.25) is 5.95 Å². The van der Waals surface area contributed by atoms with Crippen molar-refractivity contribution in [1.82, 2.24) is 24.8 Å². The van der Waals surface area contributed by atoms with Gasteiger partial charge in [0.1, 0.15) is 10.8 Å². The molecule has 0 aliphatic carbocycles. The van der Waals surface area contributed by atoms with Crippen molar-refractivity contribution in [2.45, 2.75) is 38.8 Å². The molecule has 200 valence electrons. The molecule has 2 aromatic heterocycles. The standard InChI is InChI=1S/C27H31ClN6O4/c1-27(2,3)38-26(36)34-9-8-19(16-34)31-25-30-15-21-22(32-25)20(14-29-23(21)28)17-4-6-18(7-5-17)24(35)33-10-12-37-13-11-33/h4-7,14-15,19H,8-13,16H2,1-3H3,(H,30,31,32). The van der Waals surface area contributed by atoms with E-state index in [-0.39, 0.29) is 18.0 Å². The number of halogens is 1. The average Bonchev–Trinajstić information content (AvgIpc) is 3.37. The first-order valence-electron chi connectivity index (χ1n) is 12.7. The van der Waals surface area contributed by atoms with Crippen LogP contribution in [0.2, 0.25) is 5.15 Å². The summed E-state index contributed by atoms with van der Waals surface area (Å²) in [4.78, 5) is 42.3. The molecule has 3 aromatic rings. The molecule has 2 aliphatic rings. The first kappa shape index (κ1) is 26.1. The van der Waals surface area contributed by atoms with E-state index in [2.05, 4.69) is 15.3 Å². The fraction of sp³-hybridized carbons (Fsp3) is 0.444. The highest BCUT2D eigenvalue weighted by molar-refractivity contribution is 6.34. The molecule has 0 bridgehead atoms. The summed E-state index contributed by atoms with van der Waals surface area (Å²) in [6.07, 6.45) is 3.76. The van der Waals surface area contributed by atoms with E-state index in [4.69, 9.17) is 26.1 Å². The highest BCUT2D eigenvalue weighted by Gasteiger charge is 2.30. The summed E-state index contributed by atoms with van der Waals surface area (Å²) < 4.78 is 10.8. The van der Waals surface area contributed by atoms with Crippen molar-refractivity contribution in [3.8, 4) is 11.1 Å². The van der Waals surface area contributed by atoms with E-state index in [1.165, 1.54) is 0 Å². The summed E-state index contributed by atoms with van der Waals surface area (Å²) in [6, 6.07) is 7.41. The third kappa shape index (κ3) is 5.81. The van der Waals surface area contributed by atoms with Crippen LogP contribution < -0.4 is 5.32 Å². The number of nitrogens with zero attached hydrogens (tertiary/aromatic N) is 5. The molecule has 10 nitrogen and oxygen atoms in total. The minimum atomic E-state index is -0.540. The Hall–Kier alpha value is -3.50. The van der Waals surface area contributed by atoms with Gasteiger partial charge >= 0.3 is 6.09 Å². The molecule has 1 atom stereocenters. The molecule has 11 heteroatoms. The summed E-state index contributed by atoms with van der Waals surface area (Å²) in [5.74, 6) is 0.431. The van der Waals surface area contributed by atoms with E-state index in [9.17, 15) is 9.59 Å². The lowest BCUT2D eigenvalue weighted by Gasteiger charge is -2.26. The van der Waals surface area contributed by atoms with Crippen LogP contribution in [0.4, 0.5) is 10.7 Å². The van der Waals surface area contributed by atoms with E-state index in [1.54, 1.807) is 22.2 Å². The Kier molecular flexibility index (Phi) is 7.36. The monoisotopic (exact) mass is 538 g/mol. The normalized spacial score (nSPS) is 18.1. The molecule has 4 heterocycles. The molecule has 2 amide bonds. The number of hydrogen-bond donors (Lipinski definition) is 1. The molecule has 5 rings (SSSR count). The molecule has 1 unspecified atom stereocenters. The smallest absolute Gasteiger partial charge is 0.410 e. The van der Waals surface area contributed by atoms with Crippen molar-refractivity contribution in [2.24, 2.45) is 0 Å². The first-order valence-corrected chi connectivity index (χ1v) is 13.1. The van der Waals surface area contributed by atoms with Crippen LogP contribution in [0.25, 0.3) is 22.0 Å². The Morgan fingerprint density at radius 1 is 1.05 bits per heavy atom. The lowest BCUT2D eigenvalue weighted by atomic mass is 10.0. The molecule has 2 fully saturated rings. The first-order chi connectivity index (χ1) is 18.2. The van der Waals surface area contributed by atoms with Crippen molar-refractivity contribution in [3.63, 3.8) is 0 Å². The highest BCUT2D eigenvalue weighted by Crippen LogP contribution is 2.31. The van der Waals surface area contributed by atoms with Crippen LogP contribution in [-0.4, -0.2) is 87.8 Å². The molecule has 1 aromatic carbocycles. The van der Waals surface area contributed by atoms with Crippen LogP contribution in [0.3, 0.4) is 0 Å². The summed E-state index contributed by atoms with van der Waals surface area (Å²) in [6.45, 7) is 8.96. The van der Waals surface area contributed by atoms with Crippen LogP contribution in [-0.2, 0) is 9.47 Å². The van der Waals surface area contributed by atoms with Gasteiger partial charge in [0.05, 0.1) is 24.1 Å². The summed E-state index contributed by atoms with van der Waals surface area (Å²) in [5, 5.41) is 4.28. The zero-order valence-corrected chi connectivity index (χ0v) is 22.5. The quantitative estimate of drug-likeness (QED) is 0.491. The number of hydrogen-bond acceptors (Lipinski definition) is 8. The SMILES string of the molecule is CC(C)(C)OC(=O)N1CCC(Nc2ncc3c(Cl)ncc(-c4ccc(C(=O)N5CCOCC5)cc4)c3n2)C1. The van der Waals surface area contributed by atoms with Gasteiger partial charge in [-0.15, -0.1) is 0 Å². The highest BCUT2D eigenvalue weighted by atomic mass is 35.5. The van der Waals surface area contributed by atoms with Gasteiger partial charge in [0.25, 0.3) is 5.91 Å². The lowest BCUT2D eigenvalue weighted by molar-refractivity contribution is 0.0292. The van der Waals surface area contributed by atoms with Gasteiger partial charge in [-0.25, -0.2) is 19.7 Å². The van der Waals surface area contributed by atoms with Crippen molar-refractivity contribution in [1.29, 1.82) is 0 Å². The summed E-state index contributed by atoms with van der Waals surface area (Å²) in [7, 11) is 0. The zero-order valence-electron chi connectivity index (χ0n) is 21.7. The van der Waals surface area contributed by atoms with E-state index < -0.39 is 5.60 Å². The summed E-state index contributed by atoms with van der Waals surface area (Å²) >= 11 is 6.37. The Bertz CT molecular complexity index is 1340. The third-order valence-electron chi connectivity index (χ3n) is 6.49. The summed E-state index contributed by atoms with van der Waals surface area (Å²) in [5.41, 5.74) is 2.37. The second kappa shape index (κ2) is 10.7. The third-order valence-corrected chi connectivity index (χ3v) is 6.79. The molecule has 2 saturated heterocycles. The number of fused-ring (bicyclic) bond motifs is 1. The molecule has 0 radical (unpaired) electrons. The predicted molar refractivity (Wildman–Crippen MR) is 144 cm³/mol. The molecule has 2 aliphatic heterocycles. The Labute approximate surface area is 226 Å². The fourth-order valence-electron chi connectivity index (χ4n) is 4.57. The van der Waals surface area contributed by atoms with Gasteiger partial charge in [-0.3, -0.25) is 4.79 Å². The lowest BCUT2D eigenvalue weighted by Crippen LogP contribution is -2.40. The van der Waals surface area contributed by atoms with Gasteiger partial charge in [-0.1, -0.05) is 23.7 Å². The predicted octanol–water partition coefficient (Wildman–Crippen LogP) is 4.24. The van der Waals surface area contributed by atoms with Gasteiger partial charge < -0.3 is 24.6 Å². The molecular weight excluding hydrogens is 508 g/mol. The van der Waals surface area contributed by atoms with Gasteiger partial charge in [-0.2, -0.15) is 0 Å². The number of nitrogens with one attached hydrogen (secondary N) is 1. The Morgan fingerprint density at radius 2 is 1.79 bits per heavy atom. The Balaban J connectivity index is 1.34. The molecular formula is C27H31ClN6O4. The largest absolute Gasteiger partial charge is 0.444 e. The van der Waals surface area contributed by atoms with E-state index in [0.717, 1.165) is 17.5 Å². The van der Waals surface area contributed by atoms with Crippen molar-refractivity contribution in [3.05, 3.63) is 47.4 Å². The number of likely N-dealkylation sites (tertiary alicyclic amines) is 1. The maximum Gasteiger partial charge on any atom is 0.410 e. The van der Waals surface area contributed by atoms with Crippen LogP contribution in [0.1, 0.15) is 37.6 Å². The van der Waals surface area contributed by atoms with Gasteiger partial charge in [0, 0.05) is 55.7 Å². The van der Waals surface area contributed by atoms with Crippen molar-refractivity contribution in [2.75, 3.05) is 44.7 Å². The zero-order chi connectivity index (χ0) is 26.9. The van der Waals surface area contributed by atoms with Gasteiger partial charge in [0.15, 0.2) is 0 Å². The molecule has 0 saturated carbocycles. The number of ether oxygens (including phenoxy) is 2. The number of pyridine rings is 1.